The number of aromatic hydroxyl groups is 2. The van der Waals surface area contributed by atoms with E-state index in [-0.39, 0.29) is 0 Å². The normalized spacial score (nSPS) is 12.2. The number of halogens is 3. The monoisotopic (exact) mass is 300 g/mol. The number of hydrogen-bond acceptors (Lipinski definition) is 6. The van der Waals surface area contributed by atoms with Crippen molar-refractivity contribution >= 4 is 15.9 Å². The van der Waals surface area contributed by atoms with Gasteiger partial charge in [-0.1, -0.05) is 0 Å². The van der Waals surface area contributed by atoms with E-state index in [4.69, 9.17) is 0 Å². The van der Waals surface area contributed by atoms with Crippen LogP contribution in [-0.4, -0.2) is 29.9 Å². The van der Waals surface area contributed by atoms with Crippen LogP contribution in [0.1, 0.15) is 17.3 Å². The van der Waals surface area contributed by atoms with Crippen LogP contribution in [0.3, 0.4) is 0 Å². The fourth-order valence-electron chi connectivity index (χ4n) is 1.17. The summed E-state index contributed by atoms with van der Waals surface area (Å²) in [5.41, 5.74) is -6.21. The Morgan fingerprint density at radius 2 is 1.63 bits per heavy atom. The molecule has 0 heterocycles. The molecular formula is C9H7F3O6S. The van der Waals surface area contributed by atoms with E-state index in [1.807, 2.05) is 0 Å². The number of ketones is 1. The Morgan fingerprint density at radius 3 is 1.95 bits per heavy atom. The zero-order valence-electron chi connectivity index (χ0n) is 9.22. The molecule has 0 amide bonds. The average molecular weight is 300 g/mol. The number of carbonyl (C=O) groups excluding carboxylic acids is 1. The molecule has 0 saturated carbocycles. The van der Waals surface area contributed by atoms with Gasteiger partial charge in [-0.3, -0.25) is 4.79 Å². The lowest BCUT2D eigenvalue weighted by molar-refractivity contribution is -0.0500. The summed E-state index contributed by atoms with van der Waals surface area (Å²) in [4.78, 5) is 11.0. The molecule has 0 radical (unpaired) electrons. The smallest absolute Gasteiger partial charge is 0.507 e. The van der Waals surface area contributed by atoms with E-state index in [9.17, 15) is 36.6 Å². The van der Waals surface area contributed by atoms with E-state index in [0.717, 1.165) is 6.92 Å². The second-order valence-electron chi connectivity index (χ2n) is 3.38. The van der Waals surface area contributed by atoms with Crippen molar-refractivity contribution in [3.63, 3.8) is 0 Å². The topological polar surface area (TPSA) is 101 Å². The molecule has 0 spiro atoms. The fraction of sp³-hybridized carbons (Fsp3) is 0.222. The van der Waals surface area contributed by atoms with Crippen molar-refractivity contribution in [2.24, 2.45) is 0 Å². The van der Waals surface area contributed by atoms with Gasteiger partial charge in [-0.05, 0) is 6.92 Å². The Bertz CT molecular complexity index is 596. The van der Waals surface area contributed by atoms with Crippen molar-refractivity contribution in [2.75, 3.05) is 0 Å². The zero-order chi connectivity index (χ0) is 15.0. The molecule has 1 aromatic carbocycles. The summed E-state index contributed by atoms with van der Waals surface area (Å²) in [5.74, 6) is -3.54. The van der Waals surface area contributed by atoms with Gasteiger partial charge in [-0.15, -0.1) is 0 Å². The van der Waals surface area contributed by atoms with Crippen LogP contribution < -0.4 is 4.18 Å². The number of alkyl halides is 3. The van der Waals surface area contributed by atoms with Crippen LogP contribution in [0.4, 0.5) is 13.2 Å². The molecule has 6 nitrogen and oxygen atoms in total. The first kappa shape index (κ1) is 15.1. The van der Waals surface area contributed by atoms with Gasteiger partial charge >= 0.3 is 15.6 Å². The summed E-state index contributed by atoms with van der Waals surface area (Å²) in [6.07, 6.45) is 0. The zero-order valence-corrected chi connectivity index (χ0v) is 10.0. The van der Waals surface area contributed by atoms with Gasteiger partial charge < -0.3 is 14.4 Å². The van der Waals surface area contributed by atoms with Crippen molar-refractivity contribution in [1.82, 2.24) is 0 Å². The molecule has 0 saturated heterocycles. The van der Waals surface area contributed by atoms with Crippen molar-refractivity contribution in [3.8, 4) is 17.2 Å². The molecule has 0 aliphatic rings. The summed E-state index contributed by atoms with van der Waals surface area (Å²) in [6.45, 7) is 0.988. The summed E-state index contributed by atoms with van der Waals surface area (Å²) in [7, 11) is -5.92. The molecule has 2 N–H and O–H groups in total. The highest BCUT2D eigenvalue weighted by Crippen LogP contribution is 2.35. The Morgan fingerprint density at radius 1 is 1.21 bits per heavy atom. The van der Waals surface area contributed by atoms with Crippen LogP contribution in [0.2, 0.25) is 0 Å². The number of hydrogen-bond donors (Lipinski definition) is 2. The van der Waals surface area contributed by atoms with E-state index in [1.54, 1.807) is 0 Å². The van der Waals surface area contributed by atoms with Crippen LogP contribution in [0.25, 0.3) is 0 Å². The Balaban J connectivity index is 3.24. The van der Waals surface area contributed by atoms with Crippen LogP contribution in [0, 0.1) is 0 Å². The molecular weight excluding hydrogens is 293 g/mol. The summed E-state index contributed by atoms with van der Waals surface area (Å²) < 4.78 is 61.2. The number of carbonyl (C=O) groups is 1. The van der Waals surface area contributed by atoms with Gasteiger partial charge in [0.15, 0.2) is 5.78 Å². The number of benzene rings is 1. The fourth-order valence-corrected chi connectivity index (χ4v) is 1.61. The third-order valence-electron chi connectivity index (χ3n) is 1.91. The first-order valence-electron chi connectivity index (χ1n) is 4.53. The second-order valence-corrected chi connectivity index (χ2v) is 4.91. The number of rotatable bonds is 3. The molecule has 0 unspecified atom stereocenters. The molecule has 0 bridgehead atoms. The largest absolute Gasteiger partial charge is 0.534 e. The molecule has 0 fully saturated rings. The van der Waals surface area contributed by atoms with Gasteiger partial charge in [-0.25, -0.2) is 0 Å². The highest BCUT2D eigenvalue weighted by molar-refractivity contribution is 7.88. The molecule has 0 atom stereocenters. The van der Waals surface area contributed by atoms with Crippen molar-refractivity contribution in [2.45, 2.75) is 12.4 Å². The van der Waals surface area contributed by atoms with E-state index in [1.165, 1.54) is 0 Å². The van der Waals surface area contributed by atoms with Gasteiger partial charge in [0, 0.05) is 12.1 Å². The molecule has 1 aromatic rings. The van der Waals surface area contributed by atoms with Gasteiger partial charge in [0.2, 0.25) is 0 Å². The molecule has 106 valence electrons. The van der Waals surface area contributed by atoms with Crippen molar-refractivity contribution < 1.29 is 40.8 Å². The van der Waals surface area contributed by atoms with Crippen LogP contribution >= 0.6 is 0 Å². The van der Waals surface area contributed by atoms with E-state index < -0.39 is 44.2 Å². The summed E-state index contributed by atoms with van der Waals surface area (Å²) >= 11 is 0. The Hall–Kier alpha value is -1.97. The first-order chi connectivity index (χ1) is 8.45. The maximum atomic E-state index is 12.0. The maximum Gasteiger partial charge on any atom is 0.534 e. The Labute approximate surface area is 105 Å². The minimum absolute atomic E-state index is 0.472. The molecule has 0 aliphatic carbocycles. The van der Waals surface area contributed by atoms with E-state index in [2.05, 4.69) is 4.18 Å². The SMILES string of the molecule is CC(=O)c1c(O)cc(OS(=O)(=O)C(F)(F)F)cc1O. The van der Waals surface area contributed by atoms with Gasteiger partial charge in [0.25, 0.3) is 0 Å². The molecule has 0 aromatic heterocycles. The van der Waals surface area contributed by atoms with E-state index >= 15 is 0 Å². The predicted octanol–water partition coefficient (Wildman–Crippen LogP) is 1.53. The standard InChI is InChI=1S/C9H7F3O6S/c1-4(13)8-6(14)2-5(3-7(8)15)18-19(16,17)9(10,11)12/h2-3,14-15H,1H3. The van der Waals surface area contributed by atoms with Crippen molar-refractivity contribution in [3.05, 3.63) is 17.7 Å². The lowest BCUT2D eigenvalue weighted by Gasteiger charge is -2.11. The lowest BCUT2D eigenvalue weighted by atomic mass is 10.1. The van der Waals surface area contributed by atoms with Gasteiger partial charge in [0.05, 0.1) is 0 Å². The van der Waals surface area contributed by atoms with Gasteiger partial charge in [-0.2, -0.15) is 21.6 Å². The van der Waals surface area contributed by atoms with E-state index in [0.29, 0.717) is 12.1 Å². The molecule has 19 heavy (non-hydrogen) atoms. The van der Waals surface area contributed by atoms with Crippen LogP contribution in [-0.2, 0) is 10.1 Å². The lowest BCUT2D eigenvalue weighted by Crippen LogP contribution is -2.28. The number of Topliss-reactive ketones (excluding diaryl/α,β-unsaturated/α-hetero) is 1. The molecule has 10 heteroatoms. The molecule has 0 aliphatic heterocycles. The summed E-state index contributed by atoms with van der Waals surface area (Å²) in [6, 6.07) is 0.944. The highest BCUT2D eigenvalue weighted by Gasteiger charge is 2.48. The number of phenolic OH excluding ortho intramolecular Hbond substituents is 2. The van der Waals surface area contributed by atoms with Crippen LogP contribution in [0.5, 0.6) is 17.2 Å². The second kappa shape index (κ2) is 4.61. The quantitative estimate of drug-likeness (QED) is 0.499. The van der Waals surface area contributed by atoms with Crippen LogP contribution in [0.15, 0.2) is 12.1 Å². The number of phenols is 2. The third-order valence-corrected chi connectivity index (χ3v) is 2.89. The third kappa shape index (κ3) is 3.08. The minimum atomic E-state index is -5.92. The van der Waals surface area contributed by atoms with Crippen molar-refractivity contribution in [1.29, 1.82) is 0 Å². The molecule has 1 rings (SSSR count). The highest BCUT2D eigenvalue weighted by atomic mass is 32.2. The average Bonchev–Trinajstić information content (AvgIpc) is 2.12. The first-order valence-corrected chi connectivity index (χ1v) is 5.94. The maximum absolute atomic E-state index is 12.0. The Kier molecular flexibility index (Phi) is 3.66. The summed E-state index contributed by atoms with van der Waals surface area (Å²) in [5, 5.41) is 18.6. The minimum Gasteiger partial charge on any atom is -0.507 e. The predicted molar refractivity (Wildman–Crippen MR) is 55.4 cm³/mol. The van der Waals surface area contributed by atoms with Gasteiger partial charge in [0.1, 0.15) is 22.8 Å².